The van der Waals surface area contributed by atoms with Crippen molar-refractivity contribution < 1.29 is 17.9 Å². The van der Waals surface area contributed by atoms with E-state index in [2.05, 4.69) is 5.32 Å². The average Bonchev–Trinajstić information content (AvgIpc) is 2.82. The summed E-state index contributed by atoms with van der Waals surface area (Å²) in [4.78, 5) is 12.2. The van der Waals surface area contributed by atoms with Crippen LogP contribution in [0.5, 0.6) is 0 Å². The van der Waals surface area contributed by atoms with E-state index in [9.17, 15) is 13.2 Å². The first-order valence-corrected chi connectivity index (χ1v) is 9.09. The van der Waals surface area contributed by atoms with Gasteiger partial charge in [-0.25, -0.2) is 8.42 Å². The Bertz CT molecular complexity index is 620. The van der Waals surface area contributed by atoms with Crippen molar-refractivity contribution in [3.8, 4) is 0 Å². The van der Waals surface area contributed by atoms with E-state index in [1.807, 2.05) is 6.92 Å². The van der Waals surface area contributed by atoms with E-state index < -0.39 is 9.05 Å². The maximum atomic E-state index is 12.3. The minimum absolute atomic E-state index is 0.00681. The van der Waals surface area contributed by atoms with Gasteiger partial charge >= 0.3 is 0 Å². The molecule has 0 radical (unpaired) electrons. The van der Waals surface area contributed by atoms with Crippen LogP contribution >= 0.6 is 10.7 Å². The molecule has 6 nitrogen and oxygen atoms in total. The van der Waals surface area contributed by atoms with Gasteiger partial charge in [0.2, 0.25) is 0 Å². The number of nitrogens with one attached hydrogen (secondary N) is 1. The minimum atomic E-state index is -3.83. The zero-order chi connectivity index (χ0) is 15.6. The van der Waals surface area contributed by atoms with Crippen molar-refractivity contribution in [3.63, 3.8) is 0 Å². The molecule has 1 aliphatic heterocycles. The standard InChI is InChI=1S/C13H19ClN2O4S/c1-9(10-3-5-20-6-4-10)15-13(17)12-7-11(8-16(12)2)21(14,18)19/h7-10H,3-6H2,1-2H3,(H,15,17). The molecule has 1 fully saturated rings. The summed E-state index contributed by atoms with van der Waals surface area (Å²) >= 11 is 0. The molecule has 118 valence electrons. The highest BCUT2D eigenvalue weighted by Crippen LogP contribution is 2.20. The van der Waals surface area contributed by atoms with E-state index in [4.69, 9.17) is 15.4 Å². The highest BCUT2D eigenvalue weighted by atomic mass is 35.7. The lowest BCUT2D eigenvalue weighted by atomic mass is 9.93. The summed E-state index contributed by atoms with van der Waals surface area (Å²) in [7, 11) is 3.07. The van der Waals surface area contributed by atoms with E-state index in [1.54, 1.807) is 7.05 Å². The summed E-state index contributed by atoms with van der Waals surface area (Å²) in [5.74, 6) is 0.0715. The van der Waals surface area contributed by atoms with Gasteiger partial charge in [-0.1, -0.05) is 0 Å². The van der Waals surface area contributed by atoms with Crippen LogP contribution < -0.4 is 5.32 Å². The Morgan fingerprint density at radius 2 is 2.10 bits per heavy atom. The molecular weight excluding hydrogens is 316 g/mol. The monoisotopic (exact) mass is 334 g/mol. The summed E-state index contributed by atoms with van der Waals surface area (Å²) < 4.78 is 29.4. The highest BCUT2D eigenvalue weighted by Gasteiger charge is 2.24. The summed E-state index contributed by atoms with van der Waals surface area (Å²) in [6.07, 6.45) is 3.15. The number of carbonyl (C=O) groups excluding carboxylic acids is 1. The molecule has 1 saturated heterocycles. The fourth-order valence-electron chi connectivity index (χ4n) is 2.51. The number of amides is 1. The summed E-state index contributed by atoms with van der Waals surface area (Å²) in [6, 6.07) is 1.29. The van der Waals surface area contributed by atoms with E-state index in [0.717, 1.165) is 12.8 Å². The van der Waals surface area contributed by atoms with E-state index in [0.29, 0.717) is 19.1 Å². The highest BCUT2D eigenvalue weighted by molar-refractivity contribution is 8.13. The van der Waals surface area contributed by atoms with Gasteiger partial charge in [0, 0.05) is 43.2 Å². The molecule has 1 amide bonds. The minimum Gasteiger partial charge on any atom is -0.381 e. The Morgan fingerprint density at radius 3 is 2.62 bits per heavy atom. The molecule has 0 spiro atoms. The maximum absolute atomic E-state index is 12.3. The summed E-state index contributed by atoms with van der Waals surface area (Å²) in [5.41, 5.74) is 0.271. The molecule has 8 heteroatoms. The van der Waals surface area contributed by atoms with E-state index >= 15 is 0 Å². The summed E-state index contributed by atoms with van der Waals surface area (Å²) in [5, 5.41) is 2.92. The Morgan fingerprint density at radius 1 is 1.48 bits per heavy atom. The first-order chi connectivity index (χ1) is 9.79. The second kappa shape index (κ2) is 6.37. The molecule has 1 aliphatic rings. The third-order valence-electron chi connectivity index (χ3n) is 3.83. The number of nitrogens with zero attached hydrogens (tertiary/aromatic N) is 1. The van der Waals surface area contributed by atoms with Crippen molar-refractivity contribution in [3.05, 3.63) is 18.0 Å². The first-order valence-electron chi connectivity index (χ1n) is 6.78. The van der Waals surface area contributed by atoms with Gasteiger partial charge in [-0.15, -0.1) is 0 Å². The SMILES string of the molecule is CC(NC(=O)c1cc(S(=O)(=O)Cl)cn1C)C1CCOCC1. The van der Waals surface area contributed by atoms with Gasteiger partial charge in [0.1, 0.15) is 10.6 Å². The van der Waals surface area contributed by atoms with Crippen LogP contribution in [0.1, 0.15) is 30.3 Å². The predicted molar refractivity (Wildman–Crippen MR) is 78.9 cm³/mol. The number of hydrogen-bond acceptors (Lipinski definition) is 4. The summed E-state index contributed by atoms with van der Waals surface area (Å²) in [6.45, 7) is 3.38. The number of aromatic nitrogens is 1. The van der Waals surface area contributed by atoms with Crippen molar-refractivity contribution >= 4 is 25.6 Å². The van der Waals surface area contributed by atoms with Crippen LogP contribution in [0.3, 0.4) is 0 Å². The molecule has 1 atom stereocenters. The van der Waals surface area contributed by atoms with Crippen LogP contribution in [0, 0.1) is 5.92 Å². The average molecular weight is 335 g/mol. The van der Waals surface area contributed by atoms with Crippen molar-refractivity contribution in [1.29, 1.82) is 0 Å². The molecule has 1 aromatic heterocycles. The molecule has 2 rings (SSSR count). The lowest BCUT2D eigenvalue weighted by Gasteiger charge is -2.28. The molecule has 0 aromatic carbocycles. The topological polar surface area (TPSA) is 77.4 Å². The predicted octanol–water partition coefficient (Wildman–Crippen LogP) is 1.50. The van der Waals surface area contributed by atoms with Gasteiger partial charge in [0.15, 0.2) is 0 Å². The number of ether oxygens (including phenoxy) is 1. The van der Waals surface area contributed by atoms with Crippen molar-refractivity contribution in [2.24, 2.45) is 13.0 Å². The number of rotatable bonds is 4. The Kier molecular flexibility index (Phi) is 4.95. The van der Waals surface area contributed by atoms with Crippen LogP contribution in [0.4, 0.5) is 0 Å². The second-order valence-corrected chi connectivity index (χ2v) is 7.89. The van der Waals surface area contributed by atoms with Crippen LogP contribution in [0.2, 0.25) is 0 Å². The van der Waals surface area contributed by atoms with Gasteiger partial charge in [-0.3, -0.25) is 4.79 Å². The molecular formula is C13H19ClN2O4S. The molecule has 0 saturated carbocycles. The fraction of sp³-hybridized carbons (Fsp3) is 0.615. The Labute approximate surface area is 128 Å². The van der Waals surface area contributed by atoms with E-state index in [-0.39, 0.29) is 22.5 Å². The van der Waals surface area contributed by atoms with Gasteiger partial charge in [0.05, 0.1) is 0 Å². The molecule has 21 heavy (non-hydrogen) atoms. The van der Waals surface area contributed by atoms with Gasteiger partial charge in [0.25, 0.3) is 15.0 Å². The third kappa shape index (κ3) is 3.99. The van der Waals surface area contributed by atoms with Crippen LogP contribution in [-0.4, -0.2) is 38.1 Å². The molecule has 2 heterocycles. The molecule has 0 bridgehead atoms. The Hall–Kier alpha value is -1.05. The van der Waals surface area contributed by atoms with Crippen LogP contribution in [0.25, 0.3) is 0 Å². The zero-order valence-corrected chi connectivity index (χ0v) is 13.6. The van der Waals surface area contributed by atoms with E-state index in [1.165, 1.54) is 16.8 Å². The van der Waals surface area contributed by atoms with Crippen LogP contribution in [0.15, 0.2) is 17.2 Å². The molecule has 0 aliphatic carbocycles. The maximum Gasteiger partial charge on any atom is 0.268 e. The second-order valence-electron chi connectivity index (χ2n) is 5.32. The number of aryl methyl sites for hydroxylation is 1. The van der Waals surface area contributed by atoms with Gasteiger partial charge in [-0.2, -0.15) is 0 Å². The largest absolute Gasteiger partial charge is 0.381 e. The zero-order valence-electron chi connectivity index (χ0n) is 12.0. The third-order valence-corrected chi connectivity index (χ3v) is 5.15. The number of halogens is 1. The van der Waals surface area contributed by atoms with Crippen LogP contribution in [-0.2, 0) is 20.8 Å². The Balaban J connectivity index is 2.08. The number of carbonyl (C=O) groups is 1. The lowest BCUT2D eigenvalue weighted by molar-refractivity contribution is 0.0537. The van der Waals surface area contributed by atoms with Crippen molar-refractivity contribution in [1.82, 2.24) is 9.88 Å². The molecule has 1 aromatic rings. The number of hydrogen-bond donors (Lipinski definition) is 1. The fourth-order valence-corrected chi connectivity index (χ4v) is 3.30. The molecule has 1 unspecified atom stereocenters. The normalized spacial score (nSPS) is 18.4. The molecule has 1 N–H and O–H groups in total. The smallest absolute Gasteiger partial charge is 0.268 e. The lowest BCUT2D eigenvalue weighted by Crippen LogP contribution is -2.40. The van der Waals surface area contributed by atoms with Gasteiger partial charge < -0.3 is 14.6 Å². The van der Waals surface area contributed by atoms with Gasteiger partial charge in [-0.05, 0) is 31.7 Å². The van der Waals surface area contributed by atoms with Crippen molar-refractivity contribution in [2.45, 2.75) is 30.7 Å². The first kappa shape index (κ1) is 16.3. The quantitative estimate of drug-likeness (QED) is 0.846. The van der Waals surface area contributed by atoms with Crippen molar-refractivity contribution in [2.75, 3.05) is 13.2 Å².